The molecule has 0 radical (unpaired) electrons. The predicted octanol–water partition coefficient (Wildman–Crippen LogP) is 0.829. The lowest BCUT2D eigenvalue weighted by molar-refractivity contribution is 0.265. The molecule has 0 fully saturated rings. The average molecular weight is 173 g/mol. The van der Waals surface area contributed by atoms with E-state index in [2.05, 4.69) is 50.3 Å². The van der Waals surface area contributed by atoms with E-state index in [1.807, 2.05) is 0 Å². The molecule has 0 saturated heterocycles. The minimum absolute atomic E-state index is 0.562. The third kappa shape index (κ3) is 7.98. The molecule has 0 bridgehead atoms. The zero-order chi connectivity index (χ0) is 9.56. The molecule has 0 saturated carbocycles. The average Bonchev–Trinajstić information content (AvgIpc) is 1.96. The normalized spacial score (nSPS) is 12.0. The molecule has 0 heterocycles. The van der Waals surface area contributed by atoms with Crippen molar-refractivity contribution in [3.05, 3.63) is 0 Å². The van der Waals surface area contributed by atoms with Gasteiger partial charge in [0.2, 0.25) is 0 Å². The molecular formula is C9H23N3. The molecule has 0 aromatic heterocycles. The summed E-state index contributed by atoms with van der Waals surface area (Å²) < 4.78 is 0. The van der Waals surface area contributed by atoms with Gasteiger partial charge in [-0.2, -0.15) is 0 Å². The quantitative estimate of drug-likeness (QED) is 0.583. The van der Waals surface area contributed by atoms with E-state index in [0.29, 0.717) is 12.1 Å². The van der Waals surface area contributed by atoms with Gasteiger partial charge in [0, 0.05) is 25.4 Å². The Hall–Kier alpha value is -0.120. The van der Waals surface area contributed by atoms with Crippen LogP contribution >= 0.6 is 0 Å². The summed E-state index contributed by atoms with van der Waals surface area (Å²) in [6, 6.07) is 1.12. The van der Waals surface area contributed by atoms with Crippen LogP contribution in [0.25, 0.3) is 0 Å². The van der Waals surface area contributed by atoms with E-state index >= 15 is 0 Å². The first-order valence-corrected chi connectivity index (χ1v) is 4.67. The molecule has 0 aliphatic carbocycles. The van der Waals surface area contributed by atoms with E-state index in [4.69, 9.17) is 0 Å². The van der Waals surface area contributed by atoms with Gasteiger partial charge in [-0.1, -0.05) is 0 Å². The van der Waals surface area contributed by atoms with E-state index in [9.17, 15) is 0 Å². The van der Waals surface area contributed by atoms with Crippen molar-refractivity contribution in [3.63, 3.8) is 0 Å². The van der Waals surface area contributed by atoms with Crippen molar-refractivity contribution in [2.45, 2.75) is 39.8 Å². The smallest absolute Gasteiger partial charge is 0.0491 e. The van der Waals surface area contributed by atoms with Gasteiger partial charge in [-0.15, -0.1) is 0 Å². The molecule has 2 N–H and O–H groups in total. The van der Waals surface area contributed by atoms with E-state index < -0.39 is 0 Å². The second-order valence-electron chi connectivity index (χ2n) is 3.89. The van der Waals surface area contributed by atoms with Crippen molar-refractivity contribution >= 4 is 0 Å². The van der Waals surface area contributed by atoms with Crippen LogP contribution in [-0.4, -0.2) is 37.4 Å². The van der Waals surface area contributed by atoms with Gasteiger partial charge in [-0.05, 0) is 34.7 Å². The van der Waals surface area contributed by atoms with Crippen molar-refractivity contribution in [2.24, 2.45) is 0 Å². The fraction of sp³-hybridized carbons (Fsp3) is 1.00. The van der Waals surface area contributed by atoms with Gasteiger partial charge in [-0.3, -0.25) is 4.90 Å². The lowest BCUT2D eigenvalue weighted by Gasteiger charge is -2.20. The van der Waals surface area contributed by atoms with E-state index in [-0.39, 0.29) is 0 Å². The molecule has 0 aromatic carbocycles. The minimum Gasteiger partial charge on any atom is -0.302 e. The van der Waals surface area contributed by atoms with Crippen molar-refractivity contribution in [2.75, 3.05) is 20.4 Å². The van der Waals surface area contributed by atoms with E-state index in [0.717, 1.165) is 13.3 Å². The first-order valence-electron chi connectivity index (χ1n) is 4.67. The van der Waals surface area contributed by atoms with Crippen molar-refractivity contribution in [3.8, 4) is 0 Å². The maximum absolute atomic E-state index is 3.35. The highest BCUT2D eigenvalue weighted by atomic mass is 15.3. The summed E-state index contributed by atoms with van der Waals surface area (Å²) in [5.74, 6) is 0. The van der Waals surface area contributed by atoms with Gasteiger partial charge in [0.15, 0.2) is 0 Å². The molecule has 0 aliphatic rings. The van der Waals surface area contributed by atoms with Crippen molar-refractivity contribution in [1.29, 1.82) is 0 Å². The zero-order valence-electron chi connectivity index (χ0n) is 9.02. The predicted molar refractivity (Wildman–Crippen MR) is 54.0 cm³/mol. The summed E-state index contributed by atoms with van der Waals surface area (Å²) in [4.78, 5) is 2.22. The second kappa shape index (κ2) is 6.40. The molecule has 0 atom stereocenters. The number of hydrogen-bond acceptors (Lipinski definition) is 3. The Labute approximate surface area is 76.5 Å². The minimum atomic E-state index is 0.562. The largest absolute Gasteiger partial charge is 0.302 e. The third-order valence-electron chi connectivity index (χ3n) is 1.54. The van der Waals surface area contributed by atoms with Gasteiger partial charge < -0.3 is 10.6 Å². The highest BCUT2D eigenvalue weighted by Crippen LogP contribution is 1.81. The summed E-state index contributed by atoms with van der Waals surface area (Å²) >= 11 is 0. The molecule has 0 rings (SSSR count). The summed E-state index contributed by atoms with van der Waals surface area (Å²) in [6.07, 6.45) is 0. The van der Waals surface area contributed by atoms with E-state index in [1.54, 1.807) is 0 Å². The Balaban J connectivity index is 3.27. The monoisotopic (exact) mass is 173 g/mol. The SMILES string of the molecule is CC(C)NCN(C)CNC(C)C. The van der Waals surface area contributed by atoms with Crippen LogP contribution in [0.4, 0.5) is 0 Å². The molecule has 3 heteroatoms. The van der Waals surface area contributed by atoms with E-state index in [1.165, 1.54) is 0 Å². The highest BCUT2D eigenvalue weighted by molar-refractivity contribution is 4.55. The second-order valence-corrected chi connectivity index (χ2v) is 3.89. The van der Waals surface area contributed by atoms with Crippen LogP contribution in [0.1, 0.15) is 27.7 Å². The summed E-state index contributed by atoms with van der Waals surface area (Å²) in [6.45, 7) is 10.5. The van der Waals surface area contributed by atoms with Crippen LogP contribution < -0.4 is 10.6 Å². The third-order valence-corrected chi connectivity index (χ3v) is 1.54. The molecule has 0 amide bonds. The van der Waals surface area contributed by atoms with Crippen LogP contribution in [-0.2, 0) is 0 Å². The molecule has 12 heavy (non-hydrogen) atoms. The molecule has 74 valence electrons. The Morgan fingerprint density at radius 3 is 1.50 bits per heavy atom. The van der Waals surface area contributed by atoms with Crippen molar-refractivity contribution in [1.82, 2.24) is 15.5 Å². The molecule has 0 unspecified atom stereocenters. The van der Waals surface area contributed by atoms with Gasteiger partial charge >= 0.3 is 0 Å². The van der Waals surface area contributed by atoms with Crippen molar-refractivity contribution < 1.29 is 0 Å². The first-order chi connectivity index (χ1) is 5.52. The van der Waals surface area contributed by atoms with Gasteiger partial charge in [0.25, 0.3) is 0 Å². The summed E-state index contributed by atoms with van der Waals surface area (Å²) in [7, 11) is 2.10. The maximum atomic E-state index is 3.35. The van der Waals surface area contributed by atoms with Crippen LogP contribution in [0.5, 0.6) is 0 Å². The molecule has 0 aliphatic heterocycles. The molecular weight excluding hydrogens is 150 g/mol. The zero-order valence-corrected chi connectivity index (χ0v) is 9.02. The van der Waals surface area contributed by atoms with Gasteiger partial charge in [0.1, 0.15) is 0 Å². The maximum Gasteiger partial charge on any atom is 0.0491 e. The Morgan fingerprint density at radius 2 is 1.25 bits per heavy atom. The van der Waals surface area contributed by atoms with Crippen LogP contribution in [0.15, 0.2) is 0 Å². The van der Waals surface area contributed by atoms with Gasteiger partial charge in [0.05, 0.1) is 0 Å². The molecule has 0 aromatic rings. The number of hydrogen-bond donors (Lipinski definition) is 2. The van der Waals surface area contributed by atoms with Gasteiger partial charge in [-0.25, -0.2) is 0 Å². The molecule has 0 spiro atoms. The fourth-order valence-corrected chi connectivity index (χ4v) is 0.733. The Bertz CT molecular complexity index is 89.9. The number of nitrogens with one attached hydrogen (secondary N) is 2. The number of rotatable bonds is 6. The van der Waals surface area contributed by atoms with Crippen LogP contribution in [0, 0.1) is 0 Å². The van der Waals surface area contributed by atoms with Crippen LogP contribution in [0.2, 0.25) is 0 Å². The highest BCUT2D eigenvalue weighted by Gasteiger charge is 1.98. The Morgan fingerprint density at radius 1 is 0.917 bits per heavy atom. The summed E-state index contributed by atoms with van der Waals surface area (Å²) in [5, 5.41) is 6.71. The fourth-order valence-electron chi connectivity index (χ4n) is 0.733. The summed E-state index contributed by atoms with van der Waals surface area (Å²) in [5.41, 5.74) is 0. The lowest BCUT2D eigenvalue weighted by atomic mass is 10.4. The molecule has 3 nitrogen and oxygen atoms in total. The standard InChI is InChI=1S/C9H23N3/c1-8(2)10-6-12(5)7-11-9(3)4/h8-11H,6-7H2,1-5H3. The van der Waals surface area contributed by atoms with Crippen LogP contribution in [0.3, 0.4) is 0 Å². The number of nitrogens with zero attached hydrogens (tertiary/aromatic N) is 1. The Kier molecular flexibility index (Phi) is 6.34. The topological polar surface area (TPSA) is 27.3 Å². The first kappa shape index (κ1) is 11.9. The lowest BCUT2D eigenvalue weighted by Crippen LogP contribution is -2.41.